The molecule has 0 amide bonds. The third-order valence-electron chi connectivity index (χ3n) is 8.60. The summed E-state index contributed by atoms with van der Waals surface area (Å²) in [5, 5.41) is 5.04. The number of fused-ring (bicyclic) bond motifs is 6. The highest BCUT2D eigenvalue weighted by Gasteiger charge is 2.22. The van der Waals surface area contributed by atoms with E-state index >= 15 is 0 Å². The third kappa shape index (κ3) is 3.22. The Kier molecular flexibility index (Phi) is 4.64. The van der Waals surface area contributed by atoms with Gasteiger partial charge in [0.2, 0.25) is 0 Å². The lowest BCUT2D eigenvalue weighted by Gasteiger charge is -2.12. The van der Waals surface area contributed by atoms with E-state index in [1.165, 1.54) is 60.7 Å². The van der Waals surface area contributed by atoms with Crippen molar-refractivity contribution < 1.29 is 0 Å². The molecule has 0 saturated carbocycles. The largest absolute Gasteiger partial charge is 0.294 e. The van der Waals surface area contributed by atoms with Crippen molar-refractivity contribution in [3.05, 3.63) is 146 Å². The van der Waals surface area contributed by atoms with Gasteiger partial charge in [-0.25, -0.2) is 4.98 Å². The molecule has 0 bridgehead atoms. The number of aromatic nitrogens is 2. The summed E-state index contributed by atoms with van der Waals surface area (Å²) in [5.41, 5.74) is 13.5. The molecule has 0 N–H and O–H groups in total. The van der Waals surface area contributed by atoms with Crippen LogP contribution in [-0.4, -0.2) is 9.55 Å². The number of hydrogen-bond donors (Lipinski definition) is 0. The summed E-state index contributed by atoms with van der Waals surface area (Å²) in [6, 6.07) is 50.5. The monoisotopic (exact) mass is 520 g/mol. The van der Waals surface area contributed by atoms with Gasteiger partial charge in [0.15, 0.2) is 0 Å². The minimum atomic E-state index is 0.980. The topological polar surface area (TPSA) is 17.8 Å². The fraction of sp³-hybridized carbons (Fsp3) is 0. The van der Waals surface area contributed by atoms with Crippen LogP contribution in [0.4, 0.5) is 0 Å². The number of benzene rings is 6. The van der Waals surface area contributed by atoms with E-state index in [0.29, 0.717) is 0 Å². The predicted octanol–water partition coefficient (Wildman–Crippen LogP) is 10.3. The van der Waals surface area contributed by atoms with Gasteiger partial charge in [0.1, 0.15) is 5.65 Å². The first-order valence-electron chi connectivity index (χ1n) is 14.1. The van der Waals surface area contributed by atoms with Crippen LogP contribution in [-0.2, 0) is 0 Å². The molecule has 6 aromatic carbocycles. The lowest BCUT2D eigenvalue weighted by molar-refractivity contribution is 1.14. The van der Waals surface area contributed by atoms with Gasteiger partial charge < -0.3 is 0 Å². The van der Waals surface area contributed by atoms with Gasteiger partial charge in [0.25, 0.3) is 0 Å². The molecular weight excluding hydrogens is 496 g/mol. The molecule has 8 aromatic rings. The average Bonchev–Trinajstić information content (AvgIpc) is 3.55. The fourth-order valence-corrected chi connectivity index (χ4v) is 6.79. The highest BCUT2D eigenvalue weighted by Crippen LogP contribution is 2.49. The molecule has 1 aliphatic rings. The Morgan fingerprint density at radius 1 is 0.415 bits per heavy atom. The van der Waals surface area contributed by atoms with Gasteiger partial charge in [-0.1, -0.05) is 97.1 Å². The summed E-state index contributed by atoms with van der Waals surface area (Å²) in [4.78, 5) is 4.78. The molecule has 2 aromatic heterocycles. The molecule has 0 aliphatic heterocycles. The zero-order valence-corrected chi connectivity index (χ0v) is 22.3. The van der Waals surface area contributed by atoms with E-state index in [9.17, 15) is 0 Å². The van der Waals surface area contributed by atoms with Crippen molar-refractivity contribution in [3.63, 3.8) is 0 Å². The second-order valence-electron chi connectivity index (χ2n) is 10.8. The maximum Gasteiger partial charge on any atom is 0.145 e. The Balaban J connectivity index is 1.21. The van der Waals surface area contributed by atoms with E-state index in [4.69, 9.17) is 4.98 Å². The van der Waals surface area contributed by atoms with Crippen LogP contribution in [0.3, 0.4) is 0 Å². The smallest absolute Gasteiger partial charge is 0.145 e. The lowest BCUT2D eigenvalue weighted by Crippen LogP contribution is -1.94. The Bertz CT molecular complexity index is 2280. The first-order valence-corrected chi connectivity index (χ1v) is 14.1. The van der Waals surface area contributed by atoms with Crippen LogP contribution >= 0.6 is 0 Å². The van der Waals surface area contributed by atoms with E-state index in [2.05, 4.69) is 138 Å². The average molecular weight is 521 g/mol. The number of hydrogen-bond acceptors (Lipinski definition) is 1. The van der Waals surface area contributed by atoms with Crippen LogP contribution in [0.2, 0.25) is 0 Å². The second-order valence-corrected chi connectivity index (χ2v) is 10.8. The third-order valence-corrected chi connectivity index (χ3v) is 8.60. The number of nitrogens with zero attached hydrogens (tertiary/aromatic N) is 2. The zero-order valence-electron chi connectivity index (χ0n) is 22.3. The van der Waals surface area contributed by atoms with Gasteiger partial charge >= 0.3 is 0 Å². The van der Waals surface area contributed by atoms with Crippen molar-refractivity contribution in [1.82, 2.24) is 9.55 Å². The van der Waals surface area contributed by atoms with Crippen molar-refractivity contribution in [1.29, 1.82) is 0 Å². The van der Waals surface area contributed by atoms with Gasteiger partial charge in [-0.3, -0.25) is 4.57 Å². The van der Waals surface area contributed by atoms with Gasteiger partial charge in [0, 0.05) is 22.7 Å². The van der Waals surface area contributed by atoms with E-state index in [-0.39, 0.29) is 0 Å². The Labute approximate surface area is 237 Å². The molecule has 0 saturated heterocycles. The molecule has 190 valence electrons. The standard InChI is InChI=1S/C39H24N2/c1-2-11-28(12-3-1)41-37-21-18-26(24-36(37)35-17-8-22-40-39(35)41)25-9-6-10-27(23-25)29-19-20-34-31-14-5-4-13-30(31)33-16-7-15-32(29)38(33)34/h1-24H. The number of pyridine rings is 1. The Hall–Kier alpha value is -5.47. The quantitative estimate of drug-likeness (QED) is 0.227. The van der Waals surface area contributed by atoms with E-state index in [1.54, 1.807) is 0 Å². The maximum absolute atomic E-state index is 4.78. The highest BCUT2D eigenvalue weighted by molar-refractivity contribution is 6.18. The summed E-state index contributed by atoms with van der Waals surface area (Å²) in [6.45, 7) is 0. The van der Waals surface area contributed by atoms with Crippen LogP contribution in [0.25, 0.3) is 82.9 Å². The van der Waals surface area contributed by atoms with Gasteiger partial charge in [-0.05, 0) is 97.7 Å². The first kappa shape index (κ1) is 22.4. The lowest BCUT2D eigenvalue weighted by atomic mass is 9.92. The molecule has 0 spiro atoms. The molecule has 2 nitrogen and oxygen atoms in total. The molecule has 0 radical (unpaired) electrons. The summed E-state index contributed by atoms with van der Waals surface area (Å²) < 4.78 is 2.26. The van der Waals surface area contributed by atoms with Gasteiger partial charge in [-0.2, -0.15) is 0 Å². The predicted molar refractivity (Wildman–Crippen MR) is 171 cm³/mol. The van der Waals surface area contributed by atoms with E-state index in [0.717, 1.165) is 22.2 Å². The molecule has 2 heteroatoms. The Morgan fingerprint density at radius 2 is 1.10 bits per heavy atom. The van der Waals surface area contributed by atoms with Crippen LogP contribution in [0.5, 0.6) is 0 Å². The van der Waals surface area contributed by atoms with E-state index in [1.807, 2.05) is 12.3 Å². The van der Waals surface area contributed by atoms with Gasteiger partial charge in [0.05, 0.1) is 5.52 Å². The summed E-state index contributed by atoms with van der Waals surface area (Å²) in [7, 11) is 0. The maximum atomic E-state index is 4.78. The molecule has 0 fully saturated rings. The first-order chi connectivity index (χ1) is 20.3. The van der Waals surface area contributed by atoms with Crippen molar-refractivity contribution in [2.24, 2.45) is 0 Å². The summed E-state index contributed by atoms with van der Waals surface area (Å²) >= 11 is 0. The van der Waals surface area contributed by atoms with Crippen molar-refractivity contribution in [2.75, 3.05) is 0 Å². The minimum Gasteiger partial charge on any atom is -0.294 e. The van der Waals surface area contributed by atoms with Crippen molar-refractivity contribution >= 4 is 32.7 Å². The molecular formula is C39H24N2. The van der Waals surface area contributed by atoms with Gasteiger partial charge in [-0.15, -0.1) is 0 Å². The SMILES string of the molecule is c1ccc(-n2c3ccc(-c4cccc(-c5ccc6c7c(cccc57)-c5ccccc5-6)c4)cc3c3cccnc32)cc1. The molecule has 0 atom stereocenters. The van der Waals surface area contributed by atoms with Crippen LogP contribution in [0, 0.1) is 0 Å². The normalized spacial score (nSPS) is 11.9. The summed E-state index contributed by atoms with van der Waals surface area (Å²) in [6.07, 6.45) is 1.88. The van der Waals surface area contributed by atoms with Crippen LogP contribution in [0.15, 0.2) is 146 Å². The molecule has 2 heterocycles. The number of para-hydroxylation sites is 1. The van der Waals surface area contributed by atoms with Crippen LogP contribution < -0.4 is 0 Å². The Morgan fingerprint density at radius 3 is 1.98 bits per heavy atom. The molecule has 1 aliphatic carbocycles. The minimum absolute atomic E-state index is 0.980. The zero-order chi connectivity index (χ0) is 26.9. The van der Waals surface area contributed by atoms with Crippen molar-refractivity contribution in [2.45, 2.75) is 0 Å². The fourth-order valence-electron chi connectivity index (χ4n) is 6.79. The highest BCUT2D eigenvalue weighted by atomic mass is 15.0. The molecule has 0 unspecified atom stereocenters. The summed E-state index contributed by atoms with van der Waals surface area (Å²) in [5.74, 6) is 0. The number of rotatable bonds is 3. The van der Waals surface area contributed by atoms with Crippen LogP contribution in [0.1, 0.15) is 0 Å². The molecule has 9 rings (SSSR count). The van der Waals surface area contributed by atoms with Crippen molar-refractivity contribution in [3.8, 4) is 50.2 Å². The van der Waals surface area contributed by atoms with E-state index < -0.39 is 0 Å². The second kappa shape index (κ2) is 8.51. The molecule has 41 heavy (non-hydrogen) atoms.